The maximum absolute atomic E-state index is 5.48. The molecule has 4 rings (SSSR count). The summed E-state index contributed by atoms with van der Waals surface area (Å²) in [6.45, 7) is 9.48. The molecule has 3 heterocycles. The van der Waals surface area contributed by atoms with Crippen LogP contribution in [0, 0.1) is 12.8 Å². The van der Waals surface area contributed by atoms with Gasteiger partial charge in [-0.25, -0.2) is 15.0 Å². The number of aryl methyl sites for hydroxylation is 2. The second kappa shape index (κ2) is 9.71. The van der Waals surface area contributed by atoms with Crippen molar-refractivity contribution < 1.29 is 4.74 Å². The third-order valence-corrected chi connectivity index (χ3v) is 6.36. The predicted octanol–water partition coefficient (Wildman–Crippen LogP) is 4.12. The Morgan fingerprint density at radius 1 is 1.16 bits per heavy atom. The van der Waals surface area contributed by atoms with Gasteiger partial charge in [0.1, 0.15) is 5.82 Å². The standard InChI is InChI=1S/C24H35N7O/c1-6-31(15-18-10-8-9-11-18)22-19(12-21-17(3)28-30(5)23(21)27-22)16-29(4)24-25-13-20(14-26-24)32-7-2/h12-14,18H,6-11,15-16H2,1-5H3. The number of rotatable bonds is 9. The van der Waals surface area contributed by atoms with Gasteiger partial charge in [-0.2, -0.15) is 5.10 Å². The SMILES string of the molecule is CCOc1cnc(N(C)Cc2cc3c(C)nn(C)c3nc2N(CC)CC2CCCC2)nc1. The van der Waals surface area contributed by atoms with Gasteiger partial charge in [0, 0.05) is 44.7 Å². The fraction of sp³-hybridized carbons (Fsp3) is 0.583. The van der Waals surface area contributed by atoms with E-state index in [1.54, 1.807) is 12.4 Å². The van der Waals surface area contributed by atoms with Crippen LogP contribution in [-0.4, -0.2) is 51.5 Å². The summed E-state index contributed by atoms with van der Waals surface area (Å²) < 4.78 is 7.37. The average Bonchev–Trinajstić information content (AvgIpc) is 3.40. The molecule has 1 fully saturated rings. The highest BCUT2D eigenvalue weighted by Gasteiger charge is 2.23. The van der Waals surface area contributed by atoms with E-state index in [4.69, 9.17) is 9.72 Å². The van der Waals surface area contributed by atoms with Crippen LogP contribution in [0.25, 0.3) is 11.0 Å². The molecule has 1 saturated carbocycles. The molecule has 8 heteroatoms. The van der Waals surface area contributed by atoms with Crippen molar-refractivity contribution in [3.05, 3.63) is 29.7 Å². The van der Waals surface area contributed by atoms with Crippen LogP contribution in [0.15, 0.2) is 18.5 Å². The van der Waals surface area contributed by atoms with Crippen molar-refractivity contribution in [2.75, 3.05) is 36.5 Å². The van der Waals surface area contributed by atoms with E-state index in [1.165, 1.54) is 31.2 Å². The van der Waals surface area contributed by atoms with Gasteiger partial charge in [0.2, 0.25) is 5.95 Å². The molecule has 0 unspecified atom stereocenters. The second-order valence-electron chi connectivity index (χ2n) is 8.75. The molecule has 3 aromatic heterocycles. The van der Waals surface area contributed by atoms with E-state index in [0.29, 0.717) is 24.8 Å². The molecule has 3 aromatic rings. The quantitative estimate of drug-likeness (QED) is 0.499. The van der Waals surface area contributed by atoms with E-state index >= 15 is 0 Å². The number of pyridine rings is 1. The molecule has 8 nitrogen and oxygen atoms in total. The zero-order valence-electron chi connectivity index (χ0n) is 20.0. The molecule has 0 N–H and O–H groups in total. The molecule has 0 aliphatic heterocycles. The molecular weight excluding hydrogens is 402 g/mol. The fourth-order valence-electron chi connectivity index (χ4n) is 4.71. The summed E-state index contributed by atoms with van der Waals surface area (Å²) in [4.78, 5) is 18.6. The predicted molar refractivity (Wildman–Crippen MR) is 128 cm³/mol. The lowest BCUT2D eigenvalue weighted by Crippen LogP contribution is -2.31. The molecule has 0 aromatic carbocycles. The summed E-state index contributed by atoms with van der Waals surface area (Å²) in [7, 11) is 3.99. The monoisotopic (exact) mass is 437 g/mol. The third kappa shape index (κ3) is 4.64. The van der Waals surface area contributed by atoms with E-state index in [1.807, 2.05) is 32.6 Å². The summed E-state index contributed by atoms with van der Waals surface area (Å²) in [6.07, 6.45) is 8.79. The molecule has 1 aliphatic rings. The van der Waals surface area contributed by atoms with Crippen LogP contribution in [0.5, 0.6) is 5.75 Å². The van der Waals surface area contributed by atoms with Crippen LogP contribution in [0.2, 0.25) is 0 Å². The Morgan fingerprint density at radius 3 is 2.53 bits per heavy atom. The number of ether oxygens (including phenoxy) is 1. The van der Waals surface area contributed by atoms with Crippen molar-refractivity contribution in [3.63, 3.8) is 0 Å². The van der Waals surface area contributed by atoms with Gasteiger partial charge in [-0.3, -0.25) is 4.68 Å². The van der Waals surface area contributed by atoms with Crippen LogP contribution >= 0.6 is 0 Å². The highest BCUT2D eigenvalue weighted by molar-refractivity contribution is 5.81. The highest BCUT2D eigenvalue weighted by atomic mass is 16.5. The molecule has 32 heavy (non-hydrogen) atoms. The first-order valence-corrected chi connectivity index (χ1v) is 11.7. The first kappa shape index (κ1) is 22.3. The van der Waals surface area contributed by atoms with E-state index in [2.05, 4.69) is 37.9 Å². The van der Waals surface area contributed by atoms with E-state index in [0.717, 1.165) is 41.6 Å². The van der Waals surface area contributed by atoms with Gasteiger partial charge >= 0.3 is 0 Å². The second-order valence-corrected chi connectivity index (χ2v) is 8.75. The topological polar surface area (TPSA) is 72.2 Å². The average molecular weight is 438 g/mol. The smallest absolute Gasteiger partial charge is 0.225 e. The van der Waals surface area contributed by atoms with Crippen molar-refractivity contribution in [2.45, 2.75) is 53.0 Å². The Labute approximate surface area is 190 Å². The first-order chi connectivity index (χ1) is 15.5. The Kier molecular flexibility index (Phi) is 6.77. The zero-order valence-corrected chi connectivity index (χ0v) is 20.0. The van der Waals surface area contributed by atoms with E-state index < -0.39 is 0 Å². The number of hydrogen-bond donors (Lipinski definition) is 0. The van der Waals surface area contributed by atoms with Gasteiger partial charge < -0.3 is 14.5 Å². The molecule has 0 amide bonds. The summed E-state index contributed by atoms with van der Waals surface area (Å²) in [5, 5.41) is 5.71. The van der Waals surface area contributed by atoms with Gasteiger partial charge in [0.15, 0.2) is 11.4 Å². The summed E-state index contributed by atoms with van der Waals surface area (Å²) in [5.41, 5.74) is 3.11. The maximum atomic E-state index is 5.48. The molecule has 0 bridgehead atoms. The third-order valence-electron chi connectivity index (χ3n) is 6.36. The minimum absolute atomic E-state index is 0.603. The van der Waals surface area contributed by atoms with Gasteiger partial charge in [-0.15, -0.1) is 0 Å². The largest absolute Gasteiger partial charge is 0.491 e. The van der Waals surface area contributed by atoms with Gasteiger partial charge in [0.05, 0.1) is 24.7 Å². The van der Waals surface area contributed by atoms with Crippen LogP contribution in [0.3, 0.4) is 0 Å². The molecule has 0 radical (unpaired) electrons. The van der Waals surface area contributed by atoms with Crippen molar-refractivity contribution in [2.24, 2.45) is 13.0 Å². The van der Waals surface area contributed by atoms with Gasteiger partial charge in [-0.05, 0) is 45.6 Å². The van der Waals surface area contributed by atoms with Crippen LogP contribution in [0.4, 0.5) is 11.8 Å². The fourth-order valence-corrected chi connectivity index (χ4v) is 4.71. The Hall–Kier alpha value is -2.90. The lowest BCUT2D eigenvalue weighted by molar-refractivity contribution is 0.337. The van der Waals surface area contributed by atoms with Gasteiger partial charge in [-0.1, -0.05) is 12.8 Å². The molecule has 1 aliphatic carbocycles. The minimum Gasteiger partial charge on any atom is -0.491 e. The zero-order chi connectivity index (χ0) is 22.7. The van der Waals surface area contributed by atoms with Crippen molar-refractivity contribution >= 4 is 22.8 Å². The maximum Gasteiger partial charge on any atom is 0.225 e. The molecule has 0 saturated heterocycles. The molecule has 172 valence electrons. The highest BCUT2D eigenvalue weighted by Crippen LogP contribution is 2.31. The van der Waals surface area contributed by atoms with Crippen LogP contribution < -0.4 is 14.5 Å². The van der Waals surface area contributed by atoms with Crippen molar-refractivity contribution in [3.8, 4) is 5.75 Å². The Morgan fingerprint density at radius 2 is 1.88 bits per heavy atom. The number of aromatic nitrogens is 5. The Bertz CT molecular complexity index is 1040. The van der Waals surface area contributed by atoms with E-state index in [9.17, 15) is 0 Å². The van der Waals surface area contributed by atoms with Crippen LogP contribution in [0.1, 0.15) is 50.8 Å². The number of fused-ring (bicyclic) bond motifs is 1. The lowest BCUT2D eigenvalue weighted by atomic mass is 10.1. The first-order valence-electron chi connectivity index (χ1n) is 11.7. The van der Waals surface area contributed by atoms with E-state index in [-0.39, 0.29) is 0 Å². The number of nitrogens with zero attached hydrogens (tertiary/aromatic N) is 7. The normalized spacial score (nSPS) is 14.3. The van der Waals surface area contributed by atoms with Crippen molar-refractivity contribution in [1.82, 2.24) is 24.7 Å². The van der Waals surface area contributed by atoms with Crippen LogP contribution in [-0.2, 0) is 13.6 Å². The summed E-state index contributed by atoms with van der Waals surface area (Å²) in [6, 6.07) is 2.25. The number of hydrogen-bond acceptors (Lipinski definition) is 7. The Balaban J connectivity index is 1.67. The van der Waals surface area contributed by atoms with Crippen molar-refractivity contribution in [1.29, 1.82) is 0 Å². The molecule has 0 atom stereocenters. The molecule has 0 spiro atoms. The lowest BCUT2D eigenvalue weighted by Gasteiger charge is -2.29. The van der Waals surface area contributed by atoms with Gasteiger partial charge in [0.25, 0.3) is 0 Å². The summed E-state index contributed by atoms with van der Waals surface area (Å²) in [5.74, 6) is 3.16. The molecular formula is C24H35N7O. The number of anilines is 2. The minimum atomic E-state index is 0.603. The summed E-state index contributed by atoms with van der Waals surface area (Å²) >= 11 is 0.